The molecule has 2 aromatic carbocycles. The van der Waals surface area contributed by atoms with Crippen molar-refractivity contribution in [2.45, 2.75) is 32.4 Å². The van der Waals surface area contributed by atoms with Gasteiger partial charge in [0.05, 0.1) is 0 Å². The molecule has 4 nitrogen and oxygen atoms in total. The summed E-state index contributed by atoms with van der Waals surface area (Å²) in [5.74, 6) is -0.608. The number of hydrogen-bond donors (Lipinski definition) is 2. The maximum absolute atomic E-state index is 12.4. The van der Waals surface area contributed by atoms with Crippen LogP contribution in [0.5, 0.6) is 0 Å². The Labute approximate surface area is 163 Å². The molecule has 0 aromatic heterocycles. The van der Waals surface area contributed by atoms with E-state index in [-0.39, 0.29) is 23.8 Å². The zero-order valence-corrected chi connectivity index (χ0v) is 16.1. The number of ketones is 1. The standard InChI is InChI=1S/C18H17Cl2NO.C2H4O2/c1-11-17(22)10-16(12-2-6-14(19)7-3-12)21-18(11)13-4-8-15(20)9-5-13;1-2(3)4/h2-9,11,16,18,21H,10H2,1H3;1H3,(H,3,4). The van der Waals surface area contributed by atoms with Crippen LogP contribution in [0.1, 0.15) is 43.5 Å². The molecule has 2 N–H and O–H groups in total. The Morgan fingerprint density at radius 2 is 1.42 bits per heavy atom. The van der Waals surface area contributed by atoms with Gasteiger partial charge in [-0.1, -0.05) is 54.4 Å². The van der Waals surface area contributed by atoms with Crippen LogP contribution in [0.15, 0.2) is 48.5 Å². The number of halogens is 2. The normalized spacial score (nSPS) is 22.3. The lowest BCUT2D eigenvalue weighted by atomic mass is 9.82. The number of rotatable bonds is 2. The van der Waals surface area contributed by atoms with Crippen LogP contribution in [-0.4, -0.2) is 16.9 Å². The summed E-state index contributed by atoms with van der Waals surface area (Å²) < 4.78 is 0. The van der Waals surface area contributed by atoms with Gasteiger partial charge in [0.2, 0.25) is 0 Å². The third-order valence-electron chi connectivity index (χ3n) is 4.30. The lowest BCUT2D eigenvalue weighted by Crippen LogP contribution is -2.41. The lowest BCUT2D eigenvalue weighted by molar-refractivity contribution is -0.134. The molecule has 0 aliphatic carbocycles. The van der Waals surface area contributed by atoms with E-state index in [4.69, 9.17) is 33.1 Å². The fourth-order valence-electron chi connectivity index (χ4n) is 2.96. The predicted molar refractivity (Wildman–Crippen MR) is 104 cm³/mol. The van der Waals surface area contributed by atoms with Crippen LogP contribution >= 0.6 is 23.2 Å². The Hall–Kier alpha value is -1.88. The molecule has 1 aliphatic rings. The van der Waals surface area contributed by atoms with E-state index in [1.807, 2.05) is 55.5 Å². The van der Waals surface area contributed by atoms with E-state index in [2.05, 4.69) is 5.32 Å². The first-order valence-corrected chi connectivity index (χ1v) is 9.02. The van der Waals surface area contributed by atoms with Gasteiger partial charge in [-0.2, -0.15) is 0 Å². The van der Waals surface area contributed by atoms with Crippen molar-refractivity contribution in [2.75, 3.05) is 0 Å². The van der Waals surface area contributed by atoms with Gasteiger partial charge >= 0.3 is 0 Å². The zero-order valence-electron chi connectivity index (χ0n) is 14.6. The van der Waals surface area contributed by atoms with E-state index in [1.54, 1.807) is 0 Å². The van der Waals surface area contributed by atoms with Gasteiger partial charge in [-0.15, -0.1) is 0 Å². The number of Topliss-reactive ketones (excluding diaryl/α,β-unsaturated/α-hetero) is 1. The van der Waals surface area contributed by atoms with Gasteiger partial charge in [-0.25, -0.2) is 0 Å². The summed E-state index contributed by atoms with van der Waals surface area (Å²) in [6.07, 6.45) is 0.507. The highest BCUT2D eigenvalue weighted by Gasteiger charge is 2.34. The molecule has 0 spiro atoms. The maximum Gasteiger partial charge on any atom is 0.300 e. The molecule has 26 heavy (non-hydrogen) atoms. The molecule has 0 radical (unpaired) electrons. The van der Waals surface area contributed by atoms with Crippen molar-refractivity contribution in [2.24, 2.45) is 5.92 Å². The maximum atomic E-state index is 12.4. The number of carbonyl (C=O) groups excluding carboxylic acids is 1. The SMILES string of the molecule is CC(=O)O.CC1C(=O)CC(c2ccc(Cl)cc2)NC1c1ccc(Cl)cc1. The minimum Gasteiger partial charge on any atom is -0.481 e. The summed E-state index contributed by atoms with van der Waals surface area (Å²) in [5.41, 5.74) is 2.17. The molecule has 0 bridgehead atoms. The summed E-state index contributed by atoms with van der Waals surface area (Å²) in [6, 6.07) is 15.4. The number of hydrogen-bond acceptors (Lipinski definition) is 3. The number of benzene rings is 2. The monoisotopic (exact) mass is 393 g/mol. The first-order chi connectivity index (χ1) is 12.3. The van der Waals surface area contributed by atoms with Crippen molar-refractivity contribution in [3.63, 3.8) is 0 Å². The van der Waals surface area contributed by atoms with Crippen LogP contribution in [0.3, 0.4) is 0 Å². The molecule has 2 aromatic rings. The van der Waals surface area contributed by atoms with E-state index in [0.29, 0.717) is 16.5 Å². The highest BCUT2D eigenvalue weighted by Crippen LogP contribution is 2.35. The molecule has 3 atom stereocenters. The number of aliphatic carboxylic acids is 1. The summed E-state index contributed by atoms with van der Waals surface area (Å²) in [4.78, 5) is 21.4. The molecule has 1 heterocycles. The summed E-state index contributed by atoms with van der Waals surface area (Å²) in [6.45, 7) is 3.06. The van der Waals surface area contributed by atoms with Gasteiger partial charge < -0.3 is 10.4 Å². The number of nitrogens with one attached hydrogen (secondary N) is 1. The molecule has 3 unspecified atom stereocenters. The van der Waals surface area contributed by atoms with Crippen molar-refractivity contribution < 1.29 is 14.7 Å². The van der Waals surface area contributed by atoms with Crippen LogP contribution in [-0.2, 0) is 9.59 Å². The first kappa shape index (κ1) is 20.4. The third kappa shape index (κ3) is 5.56. The fourth-order valence-corrected chi connectivity index (χ4v) is 3.21. The molecule has 1 aliphatic heterocycles. The Kier molecular flexibility index (Phi) is 7.21. The quantitative estimate of drug-likeness (QED) is 0.747. The second kappa shape index (κ2) is 9.17. The van der Waals surface area contributed by atoms with Crippen LogP contribution in [0.25, 0.3) is 0 Å². The number of piperidine rings is 1. The van der Waals surface area contributed by atoms with Gasteiger partial charge in [0.15, 0.2) is 0 Å². The molecule has 1 saturated heterocycles. The minimum atomic E-state index is -0.833. The summed E-state index contributed by atoms with van der Waals surface area (Å²) >= 11 is 11.9. The van der Waals surface area contributed by atoms with E-state index < -0.39 is 5.97 Å². The van der Waals surface area contributed by atoms with E-state index in [1.165, 1.54) is 0 Å². The fraction of sp³-hybridized carbons (Fsp3) is 0.300. The topological polar surface area (TPSA) is 66.4 Å². The van der Waals surface area contributed by atoms with Crippen molar-refractivity contribution >= 4 is 35.0 Å². The molecular formula is C20H21Cl2NO3. The number of carboxylic acid groups (broad SMARTS) is 1. The summed E-state index contributed by atoms with van der Waals surface area (Å²) in [5, 5.41) is 12.4. The molecule has 138 valence electrons. The van der Waals surface area contributed by atoms with E-state index >= 15 is 0 Å². The van der Waals surface area contributed by atoms with E-state index in [0.717, 1.165) is 18.1 Å². The molecule has 3 rings (SSSR count). The molecule has 1 fully saturated rings. The van der Waals surface area contributed by atoms with Gasteiger partial charge in [-0.3, -0.25) is 9.59 Å². The van der Waals surface area contributed by atoms with Crippen LogP contribution in [0.4, 0.5) is 0 Å². The average Bonchev–Trinajstić information content (AvgIpc) is 2.58. The Bertz CT molecular complexity index is 756. The van der Waals surface area contributed by atoms with Gasteiger partial charge in [0, 0.05) is 41.4 Å². The number of carbonyl (C=O) groups is 2. The van der Waals surface area contributed by atoms with Crippen LogP contribution in [0, 0.1) is 5.92 Å². The van der Waals surface area contributed by atoms with Gasteiger partial charge in [-0.05, 0) is 35.4 Å². The molecular weight excluding hydrogens is 373 g/mol. The second-order valence-corrected chi connectivity index (χ2v) is 7.15. The highest BCUT2D eigenvalue weighted by atomic mass is 35.5. The predicted octanol–water partition coefficient (Wildman–Crippen LogP) is 5.07. The molecule has 6 heteroatoms. The number of carboxylic acids is 1. The van der Waals surface area contributed by atoms with Crippen LogP contribution < -0.4 is 5.32 Å². The van der Waals surface area contributed by atoms with Gasteiger partial charge in [0.25, 0.3) is 5.97 Å². The largest absolute Gasteiger partial charge is 0.481 e. The van der Waals surface area contributed by atoms with Crippen LogP contribution in [0.2, 0.25) is 10.0 Å². The molecule has 0 amide bonds. The Morgan fingerprint density at radius 3 is 1.88 bits per heavy atom. The van der Waals surface area contributed by atoms with Crippen molar-refractivity contribution in [3.8, 4) is 0 Å². The third-order valence-corrected chi connectivity index (χ3v) is 4.80. The zero-order chi connectivity index (χ0) is 19.3. The Balaban J connectivity index is 0.000000552. The minimum absolute atomic E-state index is 0.000746. The second-order valence-electron chi connectivity index (χ2n) is 6.28. The highest BCUT2D eigenvalue weighted by molar-refractivity contribution is 6.30. The first-order valence-electron chi connectivity index (χ1n) is 8.27. The van der Waals surface area contributed by atoms with Crippen molar-refractivity contribution in [1.29, 1.82) is 0 Å². The smallest absolute Gasteiger partial charge is 0.300 e. The van der Waals surface area contributed by atoms with Crippen molar-refractivity contribution in [3.05, 3.63) is 69.7 Å². The van der Waals surface area contributed by atoms with Gasteiger partial charge in [0.1, 0.15) is 5.78 Å². The Morgan fingerprint density at radius 1 is 1.00 bits per heavy atom. The lowest BCUT2D eigenvalue weighted by Gasteiger charge is -2.35. The average molecular weight is 394 g/mol. The van der Waals surface area contributed by atoms with Crippen molar-refractivity contribution in [1.82, 2.24) is 5.32 Å². The molecule has 0 saturated carbocycles. The summed E-state index contributed by atoms with van der Waals surface area (Å²) in [7, 11) is 0. The van der Waals surface area contributed by atoms with E-state index in [9.17, 15) is 4.79 Å².